The molecule has 0 bridgehead atoms. The molecule has 19 heavy (non-hydrogen) atoms. The van der Waals surface area contributed by atoms with Gasteiger partial charge in [0.05, 0.1) is 6.61 Å². The summed E-state index contributed by atoms with van der Waals surface area (Å²) in [6.45, 7) is 2.73. The summed E-state index contributed by atoms with van der Waals surface area (Å²) in [4.78, 5) is 1.39. The summed E-state index contributed by atoms with van der Waals surface area (Å²) in [5.74, 6) is 0. The first-order valence-corrected chi connectivity index (χ1v) is 7.74. The molecular formula is C16H19NOS. The highest BCUT2D eigenvalue weighted by atomic mass is 32.1. The molecule has 100 valence electrons. The van der Waals surface area contributed by atoms with Crippen molar-refractivity contribution in [3.63, 3.8) is 0 Å². The van der Waals surface area contributed by atoms with Crippen LogP contribution in [0.4, 0.5) is 0 Å². The van der Waals surface area contributed by atoms with Gasteiger partial charge in [0.2, 0.25) is 0 Å². The molecular weight excluding hydrogens is 254 g/mol. The van der Waals surface area contributed by atoms with Crippen molar-refractivity contribution < 1.29 is 4.74 Å². The summed E-state index contributed by atoms with van der Waals surface area (Å²) in [7, 11) is 0. The number of benzene rings is 1. The van der Waals surface area contributed by atoms with Crippen LogP contribution in [0, 0.1) is 0 Å². The maximum Gasteiger partial charge on any atom is 0.0619 e. The minimum absolute atomic E-state index is 0.524. The standard InChI is InChI=1S/C16H19NOS/c1-2-5-13(6-3-1)14-9-16(19-12-14)10-17-15-7-4-8-18-11-15/h1-3,5-6,9,12,15,17H,4,7-8,10-11H2. The van der Waals surface area contributed by atoms with Gasteiger partial charge in [-0.25, -0.2) is 0 Å². The number of rotatable bonds is 4. The topological polar surface area (TPSA) is 21.3 Å². The predicted octanol–water partition coefficient (Wildman–Crippen LogP) is 3.68. The minimum atomic E-state index is 0.524. The van der Waals surface area contributed by atoms with Gasteiger partial charge in [-0.1, -0.05) is 30.3 Å². The van der Waals surface area contributed by atoms with Gasteiger partial charge in [-0.15, -0.1) is 11.3 Å². The van der Waals surface area contributed by atoms with Crippen LogP contribution in [0.2, 0.25) is 0 Å². The molecule has 1 unspecified atom stereocenters. The van der Waals surface area contributed by atoms with Crippen molar-refractivity contribution in [3.05, 3.63) is 46.7 Å². The van der Waals surface area contributed by atoms with Crippen LogP contribution in [0.15, 0.2) is 41.8 Å². The monoisotopic (exact) mass is 273 g/mol. The number of thiophene rings is 1. The maximum atomic E-state index is 5.49. The third-order valence-corrected chi connectivity index (χ3v) is 4.42. The van der Waals surface area contributed by atoms with E-state index in [9.17, 15) is 0 Å². The molecule has 1 N–H and O–H groups in total. The first-order valence-electron chi connectivity index (χ1n) is 6.86. The first-order chi connectivity index (χ1) is 9.42. The molecule has 3 rings (SSSR count). The molecule has 1 aliphatic heterocycles. The average Bonchev–Trinajstić information content (AvgIpc) is 2.96. The van der Waals surface area contributed by atoms with Crippen molar-refractivity contribution in [3.8, 4) is 11.1 Å². The lowest BCUT2D eigenvalue weighted by Gasteiger charge is -2.22. The van der Waals surface area contributed by atoms with Gasteiger partial charge in [-0.05, 0) is 35.4 Å². The van der Waals surface area contributed by atoms with Gasteiger partial charge in [0.15, 0.2) is 0 Å². The highest BCUT2D eigenvalue weighted by molar-refractivity contribution is 7.10. The van der Waals surface area contributed by atoms with E-state index in [1.807, 2.05) is 11.3 Å². The molecule has 3 heteroatoms. The summed E-state index contributed by atoms with van der Waals surface area (Å²) >= 11 is 1.83. The highest BCUT2D eigenvalue weighted by Gasteiger charge is 2.13. The second-order valence-corrected chi connectivity index (χ2v) is 5.96. The van der Waals surface area contributed by atoms with Crippen LogP contribution >= 0.6 is 11.3 Å². The molecule has 0 saturated carbocycles. The summed E-state index contributed by atoms with van der Waals surface area (Å²) in [6, 6.07) is 13.4. The molecule has 1 saturated heterocycles. The Kier molecular flexibility index (Phi) is 4.28. The van der Waals surface area contributed by atoms with Crippen LogP contribution in [0.25, 0.3) is 11.1 Å². The van der Waals surface area contributed by atoms with Crippen LogP contribution in [-0.2, 0) is 11.3 Å². The van der Waals surface area contributed by atoms with Gasteiger partial charge < -0.3 is 10.1 Å². The largest absolute Gasteiger partial charge is 0.380 e. The molecule has 2 nitrogen and oxygen atoms in total. The predicted molar refractivity (Wildman–Crippen MR) is 80.4 cm³/mol. The van der Waals surface area contributed by atoms with Crippen LogP contribution in [0.1, 0.15) is 17.7 Å². The Morgan fingerprint density at radius 3 is 2.89 bits per heavy atom. The molecule has 0 amide bonds. The molecule has 1 aromatic heterocycles. The van der Waals surface area contributed by atoms with Gasteiger partial charge in [-0.3, -0.25) is 0 Å². The van der Waals surface area contributed by atoms with E-state index in [1.165, 1.54) is 28.8 Å². The van der Waals surface area contributed by atoms with Crippen LogP contribution < -0.4 is 5.32 Å². The molecule has 0 radical (unpaired) electrons. The number of ether oxygens (including phenoxy) is 1. The molecule has 1 aliphatic rings. The van der Waals surface area contributed by atoms with Gasteiger partial charge in [-0.2, -0.15) is 0 Å². The third kappa shape index (κ3) is 3.44. The molecule has 2 aromatic rings. The minimum Gasteiger partial charge on any atom is -0.380 e. The quantitative estimate of drug-likeness (QED) is 0.917. The van der Waals surface area contributed by atoms with Crippen molar-refractivity contribution in [2.45, 2.75) is 25.4 Å². The van der Waals surface area contributed by atoms with Crippen molar-refractivity contribution in [2.75, 3.05) is 13.2 Å². The third-order valence-electron chi connectivity index (χ3n) is 3.49. The van der Waals surface area contributed by atoms with Gasteiger partial charge >= 0.3 is 0 Å². The Hall–Kier alpha value is -1.16. The van der Waals surface area contributed by atoms with E-state index in [0.717, 1.165) is 19.8 Å². The zero-order chi connectivity index (χ0) is 12.9. The van der Waals surface area contributed by atoms with E-state index in [0.29, 0.717) is 6.04 Å². The lowest BCUT2D eigenvalue weighted by molar-refractivity contribution is 0.0700. The van der Waals surface area contributed by atoms with Crippen molar-refractivity contribution in [1.82, 2.24) is 5.32 Å². The van der Waals surface area contributed by atoms with E-state index < -0.39 is 0 Å². The molecule has 1 fully saturated rings. The first kappa shape index (κ1) is 12.9. The Morgan fingerprint density at radius 1 is 1.21 bits per heavy atom. The van der Waals surface area contributed by atoms with Crippen molar-refractivity contribution in [2.24, 2.45) is 0 Å². The summed E-state index contributed by atoms with van der Waals surface area (Å²) < 4.78 is 5.49. The number of hydrogen-bond acceptors (Lipinski definition) is 3. The summed E-state index contributed by atoms with van der Waals surface area (Å²) in [6.07, 6.45) is 2.41. The molecule has 2 heterocycles. The van der Waals surface area contributed by atoms with Gasteiger partial charge in [0, 0.05) is 24.1 Å². The van der Waals surface area contributed by atoms with Crippen LogP contribution in [-0.4, -0.2) is 19.3 Å². The number of nitrogens with one attached hydrogen (secondary N) is 1. The lowest BCUT2D eigenvalue weighted by Crippen LogP contribution is -2.36. The zero-order valence-electron chi connectivity index (χ0n) is 11.0. The summed E-state index contributed by atoms with van der Waals surface area (Å²) in [5.41, 5.74) is 2.62. The van der Waals surface area contributed by atoms with E-state index in [-0.39, 0.29) is 0 Å². The van der Waals surface area contributed by atoms with Crippen LogP contribution in [0.3, 0.4) is 0 Å². The Bertz CT molecular complexity index is 502. The maximum absolute atomic E-state index is 5.49. The summed E-state index contributed by atoms with van der Waals surface area (Å²) in [5, 5.41) is 5.83. The SMILES string of the molecule is c1ccc(-c2csc(CNC3CCCOC3)c2)cc1. The van der Waals surface area contributed by atoms with Gasteiger partial charge in [0.1, 0.15) is 0 Å². The van der Waals surface area contributed by atoms with E-state index in [2.05, 4.69) is 47.1 Å². The molecule has 1 atom stereocenters. The highest BCUT2D eigenvalue weighted by Crippen LogP contribution is 2.25. The second-order valence-electron chi connectivity index (χ2n) is 4.96. The van der Waals surface area contributed by atoms with E-state index in [1.54, 1.807) is 0 Å². The molecule has 0 spiro atoms. The fraction of sp³-hybridized carbons (Fsp3) is 0.375. The molecule has 0 aliphatic carbocycles. The smallest absolute Gasteiger partial charge is 0.0619 e. The lowest BCUT2D eigenvalue weighted by atomic mass is 10.1. The van der Waals surface area contributed by atoms with Crippen molar-refractivity contribution >= 4 is 11.3 Å². The number of hydrogen-bond donors (Lipinski definition) is 1. The fourth-order valence-corrected chi connectivity index (χ4v) is 3.25. The Balaban J connectivity index is 1.59. The van der Waals surface area contributed by atoms with E-state index in [4.69, 9.17) is 4.74 Å². The van der Waals surface area contributed by atoms with Crippen LogP contribution in [0.5, 0.6) is 0 Å². The zero-order valence-corrected chi connectivity index (χ0v) is 11.8. The van der Waals surface area contributed by atoms with E-state index >= 15 is 0 Å². The second kappa shape index (κ2) is 6.33. The van der Waals surface area contributed by atoms with Gasteiger partial charge in [0.25, 0.3) is 0 Å². The Labute approximate surface area is 118 Å². The molecule has 1 aromatic carbocycles. The normalized spacial score (nSPS) is 19.5. The van der Waals surface area contributed by atoms with Crippen molar-refractivity contribution in [1.29, 1.82) is 0 Å². The fourth-order valence-electron chi connectivity index (χ4n) is 2.40. The Morgan fingerprint density at radius 2 is 2.11 bits per heavy atom. The average molecular weight is 273 g/mol.